The van der Waals surface area contributed by atoms with Crippen LogP contribution in [0.3, 0.4) is 0 Å². The number of aliphatic imine (C=N–C) groups is 2. The third-order valence-electron chi connectivity index (χ3n) is 4.83. The molecule has 0 spiro atoms. The maximum atomic E-state index is 5.95. The first-order valence-electron chi connectivity index (χ1n) is 10.5. The van der Waals surface area contributed by atoms with Gasteiger partial charge in [-0.25, -0.2) is 9.98 Å². The molecule has 0 fully saturated rings. The van der Waals surface area contributed by atoms with Gasteiger partial charge in [0, 0.05) is 11.4 Å². The number of benzene rings is 2. The number of furan rings is 2. The monoisotopic (exact) mass is 514 g/mol. The molecule has 4 aromatic rings. The summed E-state index contributed by atoms with van der Waals surface area (Å²) in [7, 11) is 0. The SMILES string of the molecule is Cl.Cl.NC(=NCc1ccco1)Nc1ccc(Cc2ccc(NC(N)=NCc3ccco3)cc2)cc1. The zero-order valence-corrected chi connectivity index (χ0v) is 20.5. The molecule has 4 rings (SSSR count). The van der Waals surface area contributed by atoms with Gasteiger partial charge in [0.2, 0.25) is 0 Å². The molecule has 0 radical (unpaired) electrons. The Morgan fingerprint density at radius 3 is 1.37 bits per heavy atom. The van der Waals surface area contributed by atoms with Gasteiger partial charge in [-0.2, -0.15) is 0 Å². The van der Waals surface area contributed by atoms with Gasteiger partial charge in [0.1, 0.15) is 24.6 Å². The number of halogens is 2. The van der Waals surface area contributed by atoms with Crippen molar-refractivity contribution in [2.24, 2.45) is 21.5 Å². The number of hydrogen-bond donors (Lipinski definition) is 4. The molecule has 0 saturated carbocycles. The number of nitrogens with zero attached hydrogens (tertiary/aromatic N) is 2. The van der Waals surface area contributed by atoms with Crippen LogP contribution >= 0.6 is 24.8 Å². The van der Waals surface area contributed by atoms with Crippen molar-refractivity contribution >= 4 is 48.1 Å². The molecule has 0 unspecified atom stereocenters. The van der Waals surface area contributed by atoms with Crippen molar-refractivity contribution in [1.82, 2.24) is 0 Å². The van der Waals surface area contributed by atoms with Crippen molar-refractivity contribution in [3.05, 3.63) is 108 Å². The fraction of sp³-hybridized carbons (Fsp3) is 0.120. The van der Waals surface area contributed by atoms with Crippen molar-refractivity contribution in [2.75, 3.05) is 10.6 Å². The summed E-state index contributed by atoms with van der Waals surface area (Å²) < 4.78 is 10.5. The van der Waals surface area contributed by atoms with E-state index in [1.165, 1.54) is 11.1 Å². The second kappa shape index (κ2) is 13.7. The average Bonchev–Trinajstić information content (AvgIpc) is 3.53. The highest BCUT2D eigenvalue weighted by atomic mass is 35.5. The van der Waals surface area contributed by atoms with E-state index in [4.69, 9.17) is 20.3 Å². The Bertz CT molecular complexity index is 1090. The number of nitrogens with two attached hydrogens (primary N) is 2. The second-order valence-corrected chi connectivity index (χ2v) is 7.38. The van der Waals surface area contributed by atoms with Crippen LogP contribution < -0.4 is 22.1 Å². The van der Waals surface area contributed by atoms with E-state index < -0.39 is 0 Å². The lowest BCUT2D eigenvalue weighted by Gasteiger charge is -2.09. The van der Waals surface area contributed by atoms with Crippen LogP contribution in [0, 0.1) is 0 Å². The molecule has 2 heterocycles. The van der Waals surface area contributed by atoms with E-state index in [2.05, 4.69) is 44.9 Å². The Hall–Kier alpha value is -3.88. The second-order valence-electron chi connectivity index (χ2n) is 7.38. The van der Waals surface area contributed by atoms with Crippen molar-refractivity contribution < 1.29 is 8.83 Å². The minimum absolute atomic E-state index is 0. The van der Waals surface area contributed by atoms with Crippen LogP contribution in [-0.4, -0.2) is 11.9 Å². The maximum Gasteiger partial charge on any atom is 0.193 e. The lowest BCUT2D eigenvalue weighted by Crippen LogP contribution is -2.22. The molecule has 0 amide bonds. The molecular formula is C25H28Cl2N6O2. The molecule has 0 bridgehead atoms. The molecule has 35 heavy (non-hydrogen) atoms. The van der Waals surface area contributed by atoms with Gasteiger partial charge in [-0.1, -0.05) is 24.3 Å². The third kappa shape index (κ3) is 8.77. The zero-order chi connectivity index (χ0) is 22.9. The highest BCUT2D eigenvalue weighted by molar-refractivity contribution is 5.92. The molecule has 0 aliphatic carbocycles. The van der Waals surface area contributed by atoms with Crippen LogP contribution in [0.25, 0.3) is 0 Å². The molecule has 0 aliphatic rings. The van der Waals surface area contributed by atoms with Gasteiger partial charge in [-0.3, -0.25) is 0 Å². The highest BCUT2D eigenvalue weighted by Gasteiger charge is 2.02. The summed E-state index contributed by atoms with van der Waals surface area (Å²) in [6, 6.07) is 23.6. The van der Waals surface area contributed by atoms with Crippen LogP contribution in [0.15, 0.2) is 104 Å². The van der Waals surface area contributed by atoms with Crippen molar-refractivity contribution in [2.45, 2.75) is 19.5 Å². The number of guanidine groups is 2. The first kappa shape index (κ1) is 27.4. The molecule has 0 atom stereocenters. The highest BCUT2D eigenvalue weighted by Crippen LogP contribution is 2.16. The Labute approximate surface area is 216 Å². The number of rotatable bonds is 8. The summed E-state index contributed by atoms with van der Waals surface area (Å²) in [6.45, 7) is 0.798. The summed E-state index contributed by atoms with van der Waals surface area (Å²) in [5.74, 6) is 2.21. The lowest BCUT2D eigenvalue weighted by atomic mass is 10.0. The molecule has 2 aromatic carbocycles. The van der Waals surface area contributed by atoms with Crippen LogP contribution in [0.2, 0.25) is 0 Å². The molecule has 2 aromatic heterocycles. The molecule has 0 saturated heterocycles. The Morgan fingerprint density at radius 1 is 0.629 bits per heavy atom. The first-order chi connectivity index (χ1) is 16.1. The van der Waals surface area contributed by atoms with Crippen LogP contribution in [0.5, 0.6) is 0 Å². The third-order valence-corrected chi connectivity index (χ3v) is 4.83. The smallest absolute Gasteiger partial charge is 0.193 e. The molecule has 6 N–H and O–H groups in total. The summed E-state index contributed by atoms with van der Waals surface area (Å²) >= 11 is 0. The van der Waals surface area contributed by atoms with Gasteiger partial charge in [0.25, 0.3) is 0 Å². The van der Waals surface area contributed by atoms with Crippen molar-refractivity contribution in [3.8, 4) is 0 Å². The quantitative estimate of drug-likeness (QED) is 0.190. The maximum absolute atomic E-state index is 5.95. The van der Waals surface area contributed by atoms with E-state index in [9.17, 15) is 0 Å². The summed E-state index contributed by atoms with van der Waals surface area (Å²) in [5, 5.41) is 6.18. The van der Waals surface area contributed by atoms with Crippen LogP contribution in [-0.2, 0) is 19.5 Å². The van der Waals surface area contributed by atoms with Crippen molar-refractivity contribution in [1.29, 1.82) is 0 Å². The van der Waals surface area contributed by atoms with E-state index >= 15 is 0 Å². The van der Waals surface area contributed by atoms with Gasteiger partial charge in [-0.15, -0.1) is 24.8 Å². The Kier molecular flexibility index (Phi) is 10.7. The molecule has 10 heteroatoms. The van der Waals surface area contributed by atoms with E-state index in [1.54, 1.807) is 12.5 Å². The Balaban J connectivity index is 0.00000216. The summed E-state index contributed by atoms with van der Waals surface area (Å²) in [5.41, 5.74) is 16.0. The van der Waals surface area contributed by atoms with Crippen LogP contribution in [0.1, 0.15) is 22.6 Å². The van der Waals surface area contributed by atoms with Gasteiger partial charge in [0.15, 0.2) is 11.9 Å². The van der Waals surface area contributed by atoms with Crippen molar-refractivity contribution in [3.63, 3.8) is 0 Å². The largest absolute Gasteiger partial charge is 0.467 e. The van der Waals surface area contributed by atoms with Gasteiger partial charge in [0.05, 0.1) is 12.5 Å². The standard InChI is InChI=1S/C25H26N6O2.2ClH/c26-24(28-16-22-3-1-13-32-22)30-20-9-5-18(6-10-20)15-19-7-11-21(12-8-19)31-25(27)29-17-23-4-2-14-33-23;;/h1-14H,15-17H2,(H3,26,28,30)(H3,27,29,31);2*1H. The number of nitrogens with one attached hydrogen (secondary N) is 2. The minimum atomic E-state index is 0. The normalized spacial score (nSPS) is 11.3. The van der Waals surface area contributed by atoms with Gasteiger partial charge < -0.3 is 30.9 Å². The van der Waals surface area contributed by atoms with E-state index in [0.717, 1.165) is 29.3 Å². The zero-order valence-electron chi connectivity index (χ0n) is 18.9. The minimum Gasteiger partial charge on any atom is -0.467 e. The summed E-state index contributed by atoms with van der Waals surface area (Å²) in [4.78, 5) is 8.53. The molecule has 0 aliphatic heterocycles. The first-order valence-corrected chi connectivity index (χ1v) is 10.5. The summed E-state index contributed by atoms with van der Waals surface area (Å²) in [6.07, 6.45) is 4.04. The molecule has 184 valence electrons. The van der Waals surface area contributed by atoms with E-state index in [1.807, 2.05) is 48.5 Å². The molecule has 8 nitrogen and oxygen atoms in total. The van der Waals surface area contributed by atoms with Gasteiger partial charge >= 0.3 is 0 Å². The topological polar surface area (TPSA) is 127 Å². The molecular weight excluding hydrogens is 487 g/mol. The number of anilines is 2. The Morgan fingerprint density at radius 2 is 1.03 bits per heavy atom. The predicted octanol–water partition coefficient (Wildman–Crippen LogP) is 5.16. The van der Waals surface area contributed by atoms with Gasteiger partial charge in [-0.05, 0) is 66.1 Å². The van der Waals surface area contributed by atoms with Crippen LogP contribution in [0.4, 0.5) is 11.4 Å². The van der Waals surface area contributed by atoms with E-state index in [-0.39, 0.29) is 24.8 Å². The predicted molar refractivity (Wildman–Crippen MR) is 146 cm³/mol. The fourth-order valence-corrected chi connectivity index (χ4v) is 3.15. The fourth-order valence-electron chi connectivity index (χ4n) is 3.15. The number of hydrogen-bond acceptors (Lipinski definition) is 4. The lowest BCUT2D eigenvalue weighted by molar-refractivity contribution is 0.512. The average molecular weight is 515 g/mol. The van der Waals surface area contributed by atoms with E-state index in [0.29, 0.717) is 25.0 Å².